The summed E-state index contributed by atoms with van der Waals surface area (Å²) in [5.41, 5.74) is 0.474. The van der Waals surface area contributed by atoms with Crippen LogP contribution in [0.4, 0.5) is 4.79 Å². The number of hydrogen-bond acceptors (Lipinski definition) is 4. The van der Waals surface area contributed by atoms with E-state index >= 15 is 0 Å². The van der Waals surface area contributed by atoms with Gasteiger partial charge >= 0.3 is 6.09 Å². The van der Waals surface area contributed by atoms with Crippen molar-refractivity contribution in [2.75, 3.05) is 13.1 Å². The largest absolute Gasteiger partial charge is 0.444 e. The quantitative estimate of drug-likeness (QED) is 0.164. The molecule has 2 N–H and O–H groups in total. The van der Waals surface area contributed by atoms with Crippen molar-refractivity contribution in [3.8, 4) is 12.3 Å². The van der Waals surface area contributed by atoms with Gasteiger partial charge in [-0.2, -0.15) is 0 Å². The molecular weight excluding hydrogens is 502 g/mol. The van der Waals surface area contributed by atoms with E-state index in [1.165, 1.54) is 0 Å². The molecule has 7 heteroatoms. The van der Waals surface area contributed by atoms with Gasteiger partial charge in [-0.3, -0.25) is 9.59 Å². The van der Waals surface area contributed by atoms with Crippen LogP contribution in [0.25, 0.3) is 0 Å². The molecular formula is C33H53N3O4. The van der Waals surface area contributed by atoms with Crippen LogP contribution in [-0.4, -0.2) is 47.5 Å². The van der Waals surface area contributed by atoms with Crippen molar-refractivity contribution in [2.45, 2.75) is 124 Å². The first-order chi connectivity index (χ1) is 18.9. The number of carbonyl (C=O) groups is 3. The number of carbonyl (C=O) groups excluding carboxylic acids is 3. The van der Waals surface area contributed by atoms with Crippen molar-refractivity contribution < 1.29 is 19.1 Å². The van der Waals surface area contributed by atoms with Gasteiger partial charge in [-0.25, -0.2) is 4.79 Å². The van der Waals surface area contributed by atoms with E-state index in [4.69, 9.17) is 11.2 Å². The number of benzene rings is 1. The van der Waals surface area contributed by atoms with E-state index in [1.54, 1.807) is 31.7 Å². The lowest BCUT2D eigenvalue weighted by molar-refractivity contribution is -0.143. The number of nitrogens with zero attached hydrogens (tertiary/aromatic N) is 1. The number of unbranched alkanes of at least 4 members (excludes halogenated alkanes) is 6. The lowest BCUT2D eigenvalue weighted by atomic mass is 9.95. The van der Waals surface area contributed by atoms with Gasteiger partial charge in [0.25, 0.3) is 0 Å². The Labute approximate surface area is 243 Å². The highest BCUT2D eigenvalue weighted by atomic mass is 16.6. The molecule has 0 saturated carbocycles. The van der Waals surface area contributed by atoms with E-state index in [9.17, 15) is 14.4 Å². The molecule has 0 aliphatic rings. The predicted octanol–water partition coefficient (Wildman–Crippen LogP) is 6.75. The van der Waals surface area contributed by atoms with Crippen molar-refractivity contribution in [1.29, 1.82) is 0 Å². The number of terminal acetylenes is 1. The molecule has 0 radical (unpaired) electrons. The first kappa shape index (κ1) is 35.0. The molecule has 0 aliphatic heterocycles. The van der Waals surface area contributed by atoms with Gasteiger partial charge in [-0.1, -0.05) is 90.3 Å². The minimum Gasteiger partial charge on any atom is -0.444 e. The van der Waals surface area contributed by atoms with Crippen LogP contribution in [0.15, 0.2) is 24.3 Å². The van der Waals surface area contributed by atoms with Crippen molar-refractivity contribution in [3.05, 3.63) is 35.4 Å². The standard InChI is InChI=1S/C33H53N3O4/c1-9-12-14-15-19-23-36(31(38)28(24-25(4)5)35-32(39)40-33(6,7)8)29(30(37)34-22-18-13-10-2)27-21-17-16-20-26(27)11-3/h3,16-17,20-21,25,28-29H,9-10,12-15,18-19,22-24H2,1-2,4-8H3,(H,34,37)(H,35,39). The highest BCUT2D eigenvalue weighted by molar-refractivity contribution is 5.92. The summed E-state index contributed by atoms with van der Waals surface area (Å²) in [6.07, 6.45) is 13.5. The summed E-state index contributed by atoms with van der Waals surface area (Å²) in [5, 5.41) is 5.86. The van der Waals surface area contributed by atoms with Gasteiger partial charge in [0.1, 0.15) is 17.7 Å². The third-order valence-corrected chi connectivity index (χ3v) is 6.53. The van der Waals surface area contributed by atoms with Crippen LogP contribution in [0.1, 0.15) is 123 Å². The summed E-state index contributed by atoms with van der Waals surface area (Å²) < 4.78 is 5.48. The Kier molecular flexibility index (Phi) is 16.1. The third kappa shape index (κ3) is 12.9. The average Bonchev–Trinajstić information content (AvgIpc) is 2.88. The lowest BCUT2D eigenvalue weighted by Gasteiger charge is -2.35. The molecule has 2 unspecified atom stereocenters. The van der Waals surface area contributed by atoms with Gasteiger partial charge in [0.2, 0.25) is 11.8 Å². The van der Waals surface area contributed by atoms with Crippen LogP contribution in [0.5, 0.6) is 0 Å². The molecule has 0 aliphatic carbocycles. The summed E-state index contributed by atoms with van der Waals surface area (Å²) in [7, 11) is 0. The summed E-state index contributed by atoms with van der Waals surface area (Å²) in [5.74, 6) is 2.24. The van der Waals surface area contributed by atoms with Crippen molar-refractivity contribution in [3.63, 3.8) is 0 Å². The maximum absolute atomic E-state index is 14.3. The molecule has 1 aromatic carbocycles. The SMILES string of the molecule is C#Cc1ccccc1C(C(=O)NCCCCC)N(CCCCCCC)C(=O)C(CC(C)C)NC(=O)OC(C)(C)C. The van der Waals surface area contributed by atoms with Crippen molar-refractivity contribution in [1.82, 2.24) is 15.5 Å². The molecule has 0 saturated heterocycles. The van der Waals surface area contributed by atoms with E-state index in [1.807, 2.05) is 32.0 Å². The Hall–Kier alpha value is -3.01. The van der Waals surface area contributed by atoms with Crippen LogP contribution >= 0.6 is 0 Å². The maximum atomic E-state index is 14.3. The van der Waals surface area contributed by atoms with E-state index in [2.05, 4.69) is 30.4 Å². The Morgan fingerprint density at radius 2 is 1.60 bits per heavy atom. The van der Waals surface area contributed by atoms with E-state index in [0.717, 1.165) is 51.4 Å². The Morgan fingerprint density at radius 1 is 0.975 bits per heavy atom. The van der Waals surface area contributed by atoms with Gasteiger partial charge < -0.3 is 20.3 Å². The first-order valence-corrected chi connectivity index (χ1v) is 15.1. The summed E-state index contributed by atoms with van der Waals surface area (Å²) >= 11 is 0. The number of rotatable bonds is 17. The van der Waals surface area contributed by atoms with Gasteiger partial charge in [-0.15, -0.1) is 6.42 Å². The predicted molar refractivity (Wildman–Crippen MR) is 163 cm³/mol. The molecule has 0 heterocycles. The third-order valence-electron chi connectivity index (χ3n) is 6.53. The molecule has 1 aromatic rings. The zero-order valence-corrected chi connectivity index (χ0v) is 26.0. The zero-order valence-electron chi connectivity index (χ0n) is 26.0. The van der Waals surface area contributed by atoms with E-state index in [0.29, 0.717) is 30.6 Å². The van der Waals surface area contributed by atoms with Crippen LogP contribution in [-0.2, 0) is 14.3 Å². The smallest absolute Gasteiger partial charge is 0.408 e. The maximum Gasteiger partial charge on any atom is 0.408 e. The highest BCUT2D eigenvalue weighted by Crippen LogP contribution is 2.27. The minimum absolute atomic E-state index is 0.120. The second kappa shape index (κ2) is 18.4. The fourth-order valence-electron chi connectivity index (χ4n) is 4.60. The Morgan fingerprint density at radius 3 is 2.20 bits per heavy atom. The van der Waals surface area contributed by atoms with Gasteiger partial charge in [0.05, 0.1) is 0 Å². The molecule has 3 amide bonds. The Bertz CT molecular complexity index is 961. The second-order valence-electron chi connectivity index (χ2n) is 11.9. The van der Waals surface area contributed by atoms with Gasteiger partial charge in [0, 0.05) is 18.7 Å². The number of ether oxygens (including phenoxy) is 1. The molecule has 2 atom stereocenters. The van der Waals surface area contributed by atoms with Crippen LogP contribution in [0.2, 0.25) is 0 Å². The second-order valence-corrected chi connectivity index (χ2v) is 11.9. The number of alkyl carbamates (subject to hydrolysis) is 1. The van der Waals surface area contributed by atoms with Crippen molar-refractivity contribution >= 4 is 17.9 Å². The summed E-state index contributed by atoms with van der Waals surface area (Å²) in [6.45, 7) is 14.5. The zero-order chi connectivity index (χ0) is 30.1. The molecule has 1 rings (SSSR count). The van der Waals surface area contributed by atoms with Gasteiger partial charge in [0.15, 0.2) is 0 Å². The minimum atomic E-state index is -0.914. The molecule has 224 valence electrons. The molecule has 7 nitrogen and oxygen atoms in total. The molecule has 0 fully saturated rings. The van der Waals surface area contributed by atoms with E-state index < -0.39 is 23.8 Å². The van der Waals surface area contributed by atoms with Crippen LogP contribution in [0, 0.1) is 18.3 Å². The Balaban J connectivity index is 3.51. The summed E-state index contributed by atoms with van der Waals surface area (Å²) in [6, 6.07) is 5.52. The summed E-state index contributed by atoms with van der Waals surface area (Å²) in [4.78, 5) is 42.5. The monoisotopic (exact) mass is 555 g/mol. The first-order valence-electron chi connectivity index (χ1n) is 15.1. The lowest BCUT2D eigenvalue weighted by Crippen LogP contribution is -2.53. The normalized spacial score (nSPS) is 12.8. The van der Waals surface area contributed by atoms with Gasteiger partial charge in [-0.05, 0) is 57.6 Å². The average molecular weight is 556 g/mol. The molecule has 0 spiro atoms. The molecule has 0 bridgehead atoms. The number of nitrogens with one attached hydrogen (secondary N) is 2. The van der Waals surface area contributed by atoms with Crippen molar-refractivity contribution in [2.24, 2.45) is 5.92 Å². The van der Waals surface area contributed by atoms with Crippen LogP contribution in [0.3, 0.4) is 0 Å². The number of amides is 3. The molecule has 40 heavy (non-hydrogen) atoms. The topological polar surface area (TPSA) is 87.7 Å². The van der Waals surface area contributed by atoms with Crippen LogP contribution < -0.4 is 10.6 Å². The number of hydrogen-bond donors (Lipinski definition) is 2. The fourth-order valence-corrected chi connectivity index (χ4v) is 4.60. The highest BCUT2D eigenvalue weighted by Gasteiger charge is 2.37. The fraction of sp³-hybridized carbons (Fsp3) is 0.667. The van der Waals surface area contributed by atoms with E-state index in [-0.39, 0.29) is 17.7 Å². The molecule has 0 aromatic heterocycles.